The second-order valence-electron chi connectivity index (χ2n) is 3.26. The molecule has 1 aromatic carbocycles. The van der Waals surface area contributed by atoms with E-state index >= 15 is 0 Å². The van der Waals surface area contributed by atoms with Gasteiger partial charge in [-0.1, -0.05) is 18.2 Å². The minimum absolute atomic E-state index is 0.176. The molecule has 3 heteroatoms. The predicted molar refractivity (Wildman–Crippen MR) is 59.2 cm³/mol. The SMILES string of the molecule is NC1=CN=CCC1Nc1ccccc1. The molecule has 1 aliphatic rings. The Balaban J connectivity index is 2.05. The van der Waals surface area contributed by atoms with Gasteiger partial charge in [0.1, 0.15) is 0 Å². The predicted octanol–water partition coefficient (Wildman–Crippen LogP) is 1.74. The Morgan fingerprint density at radius 2 is 2.07 bits per heavy atom. The Hall–Kier alpha value is -1.77. The molecule has 3 N–H and O–H groups in total. The van der Waals surface area contributed by atoms with Gasteiger partial charge in [0.15, 0.2) is 0 Å². The van der Waals surface area contributed by atoms with Crippen LogP contribution in [0.4, 0.5) is 5.69 Å². The lowest BCUT2D eigenvalue weighted by atomic mass is 10.1. The first-order valence-electron chi connectivity index (χ1n) is 4.65. The Morgan fingerprint density at radius 3 is 2.79 bits per heavy atom. The topological polar surface area (TPSA) is 50.4 Å². The van der Waals surface area contributed by atoms with E-state index in [1.807, 2.05) is 36.5 Å². The van der Waals surface area contributed by atoms with Gasteiger partial charge in [0.2, 0.25) is 0 Å². The zero-order chi connectivity index (χ0) is 9.80. The van der Waals surface area contributed by atoms with Gasteiger partial charge in [-0.15, -0.1) is 0 Å². The Bertz CT molecular complexity index is 354. The van der Waals surface area contributed by atoms with Gasteiger partial charge < -0.3 is 11.1 Å². The molecule has 0 aliphatic carbocycles. The third-order valence-electron chi connectivity index (χ3n) is 2.19. The van der Waals surface area contributed by atoms with Crippen LogP contribution in [-0.4, -0.2) is 12.3 Å². The van der Waals surface area contributed by atoms with Crippen LogP contribution in [0.25, 0.3) is 0 Å². The zero-order valence-corrected chi connectivity index (χ0v) is 7.85. The molecule has 14 heavy (non-hydrogen) atoms. The summed E-state index contributed by atoms with van der Waals surface area (Å²) in [6, 6.07) is 10.2. The highest BCUT2D eigenvalue weighted by Crippen LogP contribution is 2.13. The van der Waals surface area contributed by atoms with Crippen LogP contribution in [0.2, 0.25) is 0 Å². The minimum Gasteiger partial charge on any atom is -0.399 e. The monoisotopic (exact) mass is 187 g/mol. The second-order valence-corrected chi connectivity index (χ2v) is 3.26. The summed E-state index contributed by atoms with van der Waals surface area (Å²) < 4.78 is 0. The van der Waals surface area contributed by atoms with Crippen molar-refractivity contribution in [1.82, 2.24) is 0 Å². The van der Waals surface area contributed by atoms with E-state index in [9.17, 15) is 0 Å². The van der Waals surface area contributed by atoms with Crippen LogP contribution in [0.3, 0.4) is 0 Å². The van der Waals surface area contributed by atoms with Crippen molar-refractivity contribution in [3.63, 3.8) is 0 Å². The number of benzene rings is 1. The molecule has 0 saturated heterocycles. The number of aliphatic imine (C=N–C) groups is 1. The van der Waals surface area contributed by atoms with Crippen LogP contribution in [0.1, 0.15) is 6.42 Å². The van der Waals surface area contributed by atoms with E-state index in [1.54, 1.807) is 6.20 Å². The maximum Gasteiger partial charge on any atom is 0.0722 e. The fraction of sp³-hybridized carbons (Fsp3) is 0.182. The number of anilines is 1. The maximum absolute atomic E-state index is 5.81. The lowest BCUT2D eigenvalue weighted by Crippen LogP contribution is -2.28. The fourth-order valence-corrected chi connectivity index (χ4v) is 1.41. The highest BCUT2D eigenvalue weighted by molar-refractivity contribution is 5.63. The van der Waals surface area contributed by atoms with E-state index in [1.165, 1.54) is 0 Å². The van der Waals surface area contributed by atoms with Crippen LogP contribution in [0.15, 0.2) is 47.2 Å². The van der Waals surface area contributed by atoms with Gasteiger partial charge in [-0.3, -0.25) is 4.99 Å². The maximum atomic E-state index is 5.81. The van der Waals surface area contributed by atoms with Crippen molar-refractivity contribution < 1.29 is 0 Å². The summed E-state index contributed by atoms with van der Waals surface area (Å²) in [4.78, 5) is 4.00. The highest BCUT2D eigenvalue weighted by Gasteiger charge is 2.12. The van der Waals surface area contributed by atoms with Gasteiger partial charge >= 0.3 is 0 Å². The first-order valence-corrected chi connectivity index (χ1v) is 4.65. The molecule has 0 saturated carbocycles. The van der Waals surface area contributed by atoms with E-state index in [2.05, 4.69) is 10.3 Å². The minimum atomic E-state index is 0.176. The fourth-order valence-electron chi connectivity index (χ4n) is 1.41. The van der Waals surface area contributed by atoms with Crippen LogP contribution < -0.4 is 11.1 Å². The van der Waals surface area contributed by atoms with Crippen LogP contribution in [-0.2, 0) is 0 Å². The van der Waals surface area contributed by atoms with Crippen molar-refractivity contribution in [2.24, 2.45) is 10.7 Å². The summed E-state index contributed by atoms with van der Waals surface area (Å²) in [7, 11) is 0. The third-order valence-corrected chi connectivity index (χ3v) is 2.19. The summed E-state index contributed by atoms with van der Waals surface area (Å²) in [6.45, 7) is 0. The van der Waals surface area contributed by atoms with Crippen molar-refractivity contribution in [1.29, 1.82) is 0 Å². The molecule has 1 heterocycles. The van der Waals surface area contributed by atoms with Crippen molar-refractivity contribution >= 4 is 11.9 Å². The normalized spacial score (nSPS) is 20.3. The smallest absolute Gasteiger partial charge is 0.0722 e. The molecule has 1 aromatic rings. The molecule has 3 nitrogen and oxygen atoms in total. The molecule has 0 spiro atoms. The molecule has 0 amide bonds. The number of nitrogens with one attached hydrogen (secondary N) is 1. The van der Waals surface area contributed by atoms with Crippen molar-refractivity contribution in [3.8, 4) is 0 Å². The van der Waals surface area contributed by atoms with Gasteiger partial charge in [0, 0.05) is 30.2 Å². The first-order chi connectivity index (χ1) is 6.86. The summed E-state index contributed by atoms with van der Waals surface area (Å²) in [5.74, 6) is 0. The van der Waals surface area contributed by atoms with Crippen LogP contribution >= 0.6 is 0 Å². The van der Waals surface area contributed by atoms with Crippen molar-refractivity contribution in [2.45, 2.75) is 12.5 Å². The standard InChI is InChI=1S/C11H13N3/c12-10-8-13-7-6-11(10)14-9-4-2-1-3-5-9/h1-5,7-8,11,14H,6,12H2. The molecule has 1 atom stereocenters. The van der Waals surface area contributed by atoms with Gasteiger partial charge in [0.25, 0.3) is 0 Å². The molecule has 1 aliphatic heterocycles. The number of para-hydroxylation sites is 1. The summed E-state index contributed by atoms with van der Waals surface area (Å²) in [5.41, 5.74) is 7.69. The molecule has 0 radical (unpaired) electrons. The number of nitrogens with zero attached hydrogens (tertiary/aromatic N) is 1. The van der Waals surface area contributed by atoms with Gasteiger partial charge in [-0.2, -0.15) is 0 Å². The molecular formula is C11H13N3. The summed E-state index contributed by atoms with van der Waals surface area (Å²) in [5, 5.41) is 3.35. The summed E-state index contributed by atoms with van der Waals surface area (Å²) in [6.07, 6.45) is 4.41. The average Bonchev–Trinajstić information content (AvgIpc) is 2.23. The van der Waals surface area contributed by atoms with Crippen molar-refractivity contribution in [3.05, 3.63) is 42.2 Å². The van der Waals surface area contributed by atoms with E-state index < -0.39 is 0 Å². The van der Waals surface area contributed by atoms with E-state index in [-0.39, 0.29) is 6.04 Å². The number of nitrogens with two attached hydrogens (primary N) is 1. The molecular weight excluding hydrogens is 174 g/mol. The number of hydrogen-bond donors (Lipinski definition) is 2. The van der Waals surface area contributed by atoms with E-state index in [0.717, 1.165) is 17.8 Å². The quantitative estimate of drug-likeness (QED) is 0.741. The zero-order valence-electron chi connectivity index (χ0n) is 7.85. The van der Waals surface area contributed by atoms with Gasteiger partial charge in [-0.25, -0.2) is 0 Å². The van der Waals surface area contributed by atoms with Crippen molar-refractivity contribution in [2.75, 3.05) is 5.32 Å². The molecule has 1 unspecified atom stereocenters. The number of hydrogen-bond acceptors (Lipinski definition) is 3. The second kappa shape index (κ2) is 3.96. The highest BCUT2D eigenvalue weighted by atomic mass is 15.0. The van der Waals surface area contributed by atoms with Crippen LogP contribution in [0.5, 0.6) is 0 Å². The third kappa shape index (κ3) is 1.93. The Labute approximate surface area is 83.3 Å². The molecule has 0 fully saturated rings. The van der Waals surface area contributed by atoms with E-state index in [0.29, 0.717) is 0 Å². The average molecular weight is 187 g/mol. The Morgan fingerprint density at radius 1 is 1.29 bits per heavy atom. The van der Waals surface area contributed by atoms with Crippen LogP contribution in [0, 0.1) is 0 Å². The first kappa shape index (κ1) is 8.81. The Kier molecular flexibility index (Phi) is 2.49. The lowest BCUT2D eigenvalue weighted by Gasteiger charge is -2.20. The molecule has 0 aromatic heterocycles. The van der Waals surface area contributed by atoms with Gasteiger partial charge in [-0.05, 0) is 12.1 Å². The largest absolute Gasteiger partial charge is 0.399 e. The number of rotatable bonds is 2. The van der Waals surface area contributed by atoms with Gasteiger partial charge in [0.05, 0.1) is 6.04 Å². The molecule has 0 bridgehead atoms. The lowest BCUT2D eigenvalue weighted by molar-refractivity contribution is 0.839. The van der Waals surface area contributed by atoms with E-state index in [4.69, 9.17) is 5.73 Å². The molecule has 2 rings (SSSR count). The summed E-state index contributed by atoms with van der Waals surface area (Å²) >= 11 is 0. The molecule has 72 valence electrons.